The molecule has 1 aliphatic heterocycles. The third-order valence-corrected chi connectivity index (χ3v) is 6.88. The maximum absolute atomic E-state index is 11.6. The number of nitrogens with zero attached hydrogens (tertiary/aromatic N) is 1. The number of hydrogen-bond acceptors (Lipinski definition) is 5. The Kier molecular flexibility index (Phi) is 7.14. The third-order valence-electron chi connectivity index (χ3n) is 5.95. The first-order valence-electron chi connectivity index (χ1n) is 11.0. The molecule has 0 fully saturated rings. The van der Waals surface area contributed by atoms with Gasteiger partial charge in [-0.15, -0.1) is 0 Å². The van der Waals surface area contributed by atoms with Gasteiger partial charge in [0.15, 0.2) is 0 Å². The van der Waals surface area contributed by atoms with Crippen LogP contribution in [-0.4, -0.2) is 34.4 Å². The fraction of sp³-hybridized carbons (Fsp3) is 0.222. The highest BCUT2D eigenvalue weighted by Crippen LogP contribution is 2.29. The predicted molar refractivity (Wildman–Crippen MR) is 135 cm³/mol. The standard InChI is InChI=1S/C27H28N2O4S/c1-32-24-11-6-20(7-12-24)22-5-10-23(17-19-3-15-26(16-4-19)34(28,30)31)29-27(18-22)21-8-13-25(33-2)14-9-21/h3-4,6-9,11-16,18,23H,5,10,17H2,1-2H3,(H2,28,30,31). The molecular formula is C27H28N2O4S. The summed E-state index contributed by atoms with van der Waals surface area (Å²) < 4.78 is 33.8. The first kappa shape index (κ1) is 23.7. The second-order valence-corrected chi connectivity index (χ2v) is 9.79. The second kappa shape index (κ2) is 10.2. The highest BCUT2D eigenvalue weighted by Gasteiger charge is 2.18. The van der Waals surface area contributed by atoms with Crippen LogP contribution in [-0.2, 0) is 16.4 Å². The number of aliphatic imine (C=N–C) groups is 1. The molecule has 3 aromatic rings. The third kappa shape index (κ3) is 5.73. The molecule has 34 heavy (non-hydrogen) atoms. The molecule has 0 saturated heterocycles. The summed E-state index contributed by atoms with van der Waals surface area (Å²) in [7, 11) is -0.396. The van der Waals surface area contributed by atoms with Gasteiger partial charge in [0.2, 0.25) is 10.0 Å². The Hall–Kier alpha value is -3.42. The minimum atomic E-state index is -3.71. The lowest BCUT2D eigenvalue weighted by Gasteiger charge is -2.13. The van der Waals surface area contributed by atoms with Crippen LogP contribution in [0.1, 0.15) is 29.5 Å². The lowest BCUT2D eigenvalue weighted by molar-refractivity contribution is 0.414. The number of ether oxygens (including phenoxy) is 2. The van der Waals surface area contributed by atoms with Gasteiger partial charge < -0.3 is 9.47 Å². The molecule has 0 amide bonds. The van der Waals surface area contributed by atoms with Gasteiger partial charge >= 0.3 is 0 Å². The van der Waals surface area contributed by atoms with Gasteiger partial charge in [-0.05, 0) is 96.1 Å². The molecule has 4 rings (SSSR count). The maximum atomic E-state index is 11.6. The first-order chi connectivity index (χ1) is 16.4. The number of rotatable bonds is 7. The van der Waals surface area contributed by atoms with Crippen molar-refractivity contribution < 1.29 is 17.9 Å². The van der Waals surface area contributed by atoms with Crippen molar-refractivity contribution in [1.82, 2.24) is 0 Å². The summed E-state index contributed by atoms with van der Waals surface area (Å²) in [4.78, 5) is 5.22. The quantitative estimate of drug-likeness (QED) is 0.538. The van der Waals surface area contributed by atoms with Gasteiger partial charge in [-0.1, -0.05) is 24.3 Å². The first-order valence-corrected chi connectivity index (χ1v) is 12.6. The van der Waals surface area contributed by atoms with E-state index >= 15 is 0 Å². The van der Waals surface area contributed by atoms with Crippen molar-refractivity contribution in [2.75, 3.05) is 14.2 Å². The van der Waals surface area contributed by atoms with Gasteiger partial charge in [0, 0.05) is 0 Å². The molecule has 0 bridgehead atoms. The Labute approximate surface area is 200 Å². The highest BCUT2D eigenvalue weighted by molar-refractivity contribution is 7.89. The Balaban J connectivity index is 1.64. The van der Waals surface area contributed by atoms with Gasteiger partial charge in [-0.2, -0.15) is 0 Å². The Morgan fingerprint density at radius 1 is 0.853 bits per heavy atom. The van der Waals surface area contributed by atoms with E-state index in [9.17, 15) is 8.42 Å². The van der Waals surface area contributed by atoms with Crippen LogP contribution in [0.3, 0.4) is 0 Å². The molecule has 3 aromatic carbocycles. The fourth-order valence-corrected chi connectivity index (χ4v) is 4.56. The van der Waals surface area contributed by atoms with Crippen LogP contribution in [0.4, 0.5) is 0 Å². The zero-order valence-corrected chi connectivity index (χ0v) is 20.1. The summed E-state index contributed by atoms with van der Waals surface area (Å²) in [6, 6.07) is 22.8. The van der Waals surface area contributed by atoms with E-state index in [1.165, 1.54) is 5.57 Å². The number of nitrogens with two attached hydrogens (primary N) is 1. The summed E-state index contributed by atoms with van der Waals surface area (Å²) in [5.41, 5.74) is 5.30. The van der Waals surface area contributed by atoms with Gasteiger partial charge in [-0.3, -0.25) is 4.99 Å². The molecule has 0 aromatic heterocycles. The van der Waals surface area contributed by atoms with Crippen LogP contribution < -0.4 is 14.6 Å². The molecule has 1 heterocycles. The smallest absolute Gasteiger partial charge is 0.238 e. The molecule has 176 valence electrons. The predicted octanol–water partition coefficient (Wildman–Crippen LogP) is 4.63. The van der Waals surface area contributed by atoms with Crippen molar-refractivity contribution in [1.29, 1.82) is 0 Å². The molecule has 1 atom stereocenters. The Bertz CT molecular complexity index is 1290. The van der Waals surface area contributed by atoms with Gasteiger partial charge in [0.25, 0.3) is 0 Å². The van der Waals surface area contributed by atoms with E-state index in [-0.39, 0.29) is 10.9 Å². The van der Waals surface area contributed by atoms with E-state index in [0.717, 1.165) is 46.7 Å². The number of sulfonamides is 1. The molecule has 0 aliphatic carbocycles. The topological polar surface area (TPSA) is 91.0 Å². The van der Waals surface area contributed by atoms with Crippen LogP contribution in [0.2, 0.25) is 0 Å². The van der Waals surface area contributed by atoms with Gasteiger partial charge in [0.1, 0.15) is 11.5 Å². The molecule has 0 saturated carbocycles. The van der Waals surface area contributed by atoms with Crippen LogP contribution in [0.25, 0.3) is 5.57 Å². The summed E-state index contributed by atoms with van der Waals surface area (Å²) in [5.74, 6) is 1.62. The highest BCUT2D eigenvalue weighted by atomic mass is 32.2. The average Bonchev–Trinajstić information content (AvgIpc) is 3.07. The normalized spacial score (nSPS) is 16.3. The number of primary sulfonamides is 1. The van der Waals surface area contributed by atoms with E-state index in [1.54, 1.807) is 26.4 Å². The molecule has 1 unspecified atom stereocenters. The Morgan fingerprint density at radius 2 is 1.41 bits per heavy atom. The molecule has 7 heteroatoms. The zero-order chi connectivity index (χ0) is 24.1. The second-order valence-electron chi connectivity index (χ2n) is 8.23. The van der Waals surface area contributed by atoms with E-state index in [0.29, 0.717) is 6.42 Å². The lowest BCUT2D eigenvalue weighted by Crippen LogP contribution is -2.13. The van der Waals surface area contributed by atoms with Crippen LogP contribution in [0, 0.1) is 0 Å². The van der Waals surface area contributed by atoms with Crippen LogP contribution in [0.15, 0.2) is 88.8 Å². The van der Waals surface area contributed by atoms with E-state index in [4.69, 9.17) is 19.6 Å². The summed E-state index contributed by atoms with van der Waals surface area (Å²) in [5, 5.41) is 5.23. The SMILES string of the molecule is COc1ccc(C2=CC(c3ccc(OC)cc3)=NC(Cc3ccc(S(N)(=O)=O)cc3)CC2)cc1. The van der Waals surface area contributed by atoms with Crippen molar-refractivity contribution in [3.05, 3.63) is 95.6 Å². The summed E-state index contributed by atoms with van der Waals surface area (Å²) >= 11 is 0. The van der Waals surface area contributed by atoms with Crippen molar-refractivity contribution >= 4 is 21.3 Å². The number of benzene rings is 3. The number of allylic oxidation sites excluding steroid dienone is 2. The molecular weight excluding hydrogens is 448 g/mol. The van der Waals surface area contributed by atoms with E-state index in [2.05, 4.69) is 18.2 Å². The van der Waals surface area contributed by atoms with Crippen molar-refractivity contribution in [2.45, 2.75) is 30.2 Å². The van der Waals surface area contributed by atoms with Gasteiger partial charge in [0.05, 0.1) is 30.9 Å². The number of methoxy groups -OCH3 is 2. The largest absolute Gasteiger partial charge is 0.497 e. The van der Waals surface area contributed by atoms with E-state index < -0.39 is 10.0 Å². The molecule has 2 N–H and O–H groups in total. The summed E-state index contributed by atoms with van der Waals surface area (Å²) in [6.45, 7) is 0. The fourth-order valence-electron chi connectivity index (χ4n) is 4.05. The van der Waals surface area contributed by atoms with Gasteiger partial charge in [-0.25, -0.2) is 13.6 Å². The molecule has 1 aliphatic rings. The molecule has 0 radical (unpaired) electrons. The minimum Gasteiger partial charge on any atom is -0.497 e. The number of hydrogen-bond donors (Lipinski definition) is 1. The van der Waals surface area contributed by atoms with E-state index in [1.807, 2.05) is 48.5 Å². The maximum Gasteiger partial charge on any atom is 0.238 e. The Morgan fingerprint density at radius 3 is 1.94 bits per heavy atom. The van der Waals surface area contributed by atoms with Crippen molar-refractivity contribution in [3.63, 3.8) is 0 Å². The minimum absolute atomic E-state index is 0.0458. The average molecular weight is 477 g/mol. The summed E-state index contributed by atoms with van der Waals surface area (Å²) in [6.07, 6.45) is 4.60. The van der Waals surface area contributed by atoms with Crippen molar-refractivity contribution in [2.24, 2.45) is 10.1 Å². The lowest BCUT2D eigenvalue weighted by atomic mass is 9.96. The van der Waals surface area contributed by atoms with Crippen molar-refractivity contribution in [3.8, 4) is 11.5 Å². The molecule has 6 nitrogen and oxygen atoms in total. The molecule has 0 spiro atoms. The van der Waals surface area contributed by atoms with Crippen LogP contribution in [0.5, 0.6) is 11.5 Å². The monoisotopic (exact) mass is 476 g/mol. The zero-order valence-electron chi connectivity index (χ0n) is 19.3. The van der Waals surface area contributed by atoms with Crippen LogP contribution >= 0.6 is 0 Å².